The van der Waals surface area contributed by atoms with Crippen LogP contribution < -0.4 is 5.73 Å². The molecule has 3 rings (SSSR count). The maximum atomic E-state index is 12.9. The predicted molar refractivity (Wildman–Crippen MR) is 91.9 cm³/mol. The van der Waals surface area contributed by atoms with Crippen molar-refractivity contribution in [3.63, 3.8) is 0 Å². The van der Waals surface area contributed by atoms with Crippen LogP contribution in [0.5, 0.6) is 0 Å². The van der Waals surface area contributed by atoms with Crippen LogP contribution in [0.2, 0.25) is 0 Å². The Kier molecular flexibility index (Phi) is 4.66. The van der Waals surface area contributed by atoms with E-state index in [4.69, 9.17) is 5.73 Å². The van der Waals surface area contributed by atoms with E-state index in [-0.39, 0.29) is 30.5 Å². The van der Waals surface area contributed by atoms with Gasteiger partial charge in [0, 0.05) is 6.54 Å². The van der Waals surface area contributed by atoms with E-state index in [0.29, 0.717) is 11.2 Å². The number of aryl methyl sites for hydroxylation is 1. The third-order valence-electron chi connectivity index (χ3n) is 3.76. The first-order valence-corrected chi connectivity index (χ1v) is 8.96. The van der Waals surface area contributed by atoms with Gasteiger partial charge in [-0.25, -0.2) is 23.4 Å². The van der Waals surface area contributed by atoms with Crippen molar-refractivity contribution in [3.8, 4) is 0 Å². The Morgan fingerprint density at radius 1 is 1.20 bits per heavy atom. The number of imidazole rings is 1. The lowest BCUT2D eigenvalue weighted by Gasteiger charge is -2.22. The first kappa shape index (κ1) is 17.3. The van der Waals surface area contributed by atoms with Gasteiger partial charge in [0.2, 0.25) is 10.0 Å². The normalized spacial score (nSPS) is 12.1. The molecule has 2 aromatic heterocycles. The summed E-state index contributed by atoms with van der Waals surface area (Å²) in [7, 11) is -3.79. The van der Waals surface area contributed by atoms with Gasteiger partial charge in [-0.15, -0.1) is 0 Å². The van der Waals surface area contributed by atoms with E-state index >= 15 is 0 Å². The number of nitrogens with two attached hydrogens (primary N) is 1. The van der Waals surface area contributed by atoms with Crippen molar-refractivity contribution in [2.75, 3.05) is 18.9 Å². The number of nitrogens with zero attached hydrogens (tertiary/aromatic N) is 5. The van der Waals surface area contributed by atoms with Crippen LogP contribution in [0.4, 0.5) is 5.82 Å². The Bertz CT molecular complexity index is 984. The molecule has 0 radical (unpaired) electrons. The van der Waals surface area contributed by atoms with Crippen LogP contribution in [0.15, 0.2) is 41.8 Å². The van der Waals surface area contributed by atoms with Crippen molar-refractivity contribution in [2.24, 2.45) is 0 Å². The average molecular weight is 362 g/mol. The molecule has 10 heteroatoms. The van der Waals surface area contributed by atoms with E-state index in [0.717, 1.165) is 9.87 Å². The SMILES string of the molecule is Cc1ccc(S(=O)(=O)N(CCO)Cn2cnc3ncnc(N)c32)cc1. The summed E-state index contributed by atoms with van der Waals surface area (Å²) >= 11 is 0. The number of anilines is 1. The Balaban J connectivity index is 1.99. The molecule has 0 spiro atoms. The molecule has 0 saturated carbocycles. The number of aromatic nitrogens is 4. The van der Waals surface area contributed by atoms with E-state index < -0.39 is 10.0 Å². The smallest absolute Gasteiger partial charge is 0.244 e. The summed E-state index contributed by atoms with van der Waals surface area (Å²) < 4.78 is 28.5. The highest BCUT2D eigenvalue weighted by Gasteiger charge is 2.25. The predicted octanol–water partition coefficient (Wildman–Crippen LogP) is 0.358. The van der Waals surface area contributed by atoms with Crippen molar-refractivity contribution >= 4 is 27.0 Å². The molecule has 3 N–H and O–H groups in total. The van der Waals surface area contributed by atoms with Crippen LogP contribution >= 0.6 is 0 Å². The molecule has 9 nitrogen and oxygen atoms in total. The number of hydrogen-bond acceptors (Lipinski definition) is 7. The second-order valence-electron chi connectivity index (χ2n) is 5.50. The number of aliphatic hydroxyl groups excluding tert-OH is 1. The molecule has 0 fully saturated rings. The number of rotatable bonds is 6. The average Bonchev–Trinajstić information content (AvgIpc) is 2.99. The zero-order valence-corrected chi connectivity index (χ0v) is 14.4. The maximum absolute atomic E-state index is 12.9. The van der Waals surface area contributed by atoms with Crippen LogP contribution in [-0.2, 0) is 16.7 Å². The molecular formula is C15H18N6O3S. The van der Waals surface area contributed by atoms with Crippen LogP contribution in [0.3, 0.4) is 0 Å². The lowest BCUT2D eigenvalue weighted by atomic mass is 10.2. The van der Waals surface area contributed by atoms with Crippen molar-refractivity contribution in [1.82, 2.24) is 23.8 Å². The molecule has 0 atom stereocenters. The highest BCUT2D eigenvalue weighted by Crippen LogP contribution is 2.20. The summed E-state index contributed by atoms with van der Waals surface area (Å²) in [6.45, 7) is 1.43. The number of hydrogen-bond donors (Lipinski definition) is 2. The van der Waals surface area contributed by atoms with Gasteiger partial charge < -0.3 is 15.4 Å². The first-order valence-electron chi connectivity index (χ1n) is 7.52. The molecule has 0 saturated heterocycles. The number of benzene rings is 1. The van der Waals surface area contributed by atoms with Gasteiger partial charge in [0.05, 0.1) is 24.5 Å². The van der Waals surface area contributed by atoms with Crippen molar-refractivity contribution in [3.05, 3.63) is 42.5 Å². The summed E-state index contributed by atoms with van der Waals surface area (Å²) in [5.41, 5.74) is 7.64. The third-order valence-corrected chi connectivity index (χ3v) is 5.60. The molecule has 0 bridgehead atoms. The molecule has 0 aliphatic carbocycles. The van der Waals surface area contributed by atoms with E-state index in [9.17, 15) is 13.5 Å². The Labute approximate surface area is 144 Å². The van der Waals surface area contributed by atoms with Crippen LogP contribution in [0.25, 0.3) is 11.2 Å². The largest absolute Gasteiger partial charge is 0.395 e. The van der Waals surface area contributed by atoms with Gasteiger partial charge in [0.25, 0.3) is 0 Å². The quantitative estimate of drug-likeness (QED) is 0.648. The molecule has 0 unspecified atom stereocenters. The molecule has 0 amide bonds. The van der Waals surface area contributed by atoms with Gasteiger partial charge in [-0.2, -0.15) is 4.31 Å². The fourth-order valence-corrected chi connectivity index (χ4v) is 3.83. The van der Waals surface area contributed by atoms with E-state index in [1.807, 2.05) is 6.92 Å². The molecule has 0 aliphatic heterocycles. The zero-order chi connectivity index (χ0) is 18.0. The highest BCUT2D eigenvalue weighted by molar-refractivity contribution is 7.89. The zero-order valence-electron chi connectivity index (χ0n) is 13.6. The summed E-state index contributed by atoms with van der Waals surface area (Å²) in [5, 5.41) is 9.31. The van der Waals surface area contributed by atoms with Crippen LogP contribution in [0.1, 0.15) is 5.56 Å². The van der Waals surface area contributed by atoms with Crippen molar-refractivity contribution in [2.45, 2.75) is 18.5 Å². The van der Waals surface area contributed by atoms with E-state index in [1.165, 1.54) is 12.7 Å². The number of aliphatic hydroxyl groups is 1. The lowest BCUT2D eigenvalue weighted by molar-refractivity contribution is 0.236. The number of fused-ring (bicyclic) bond motifs is 1. The van der Waals surface area contributed by atoms with Gasteiger partial charge in [-0.05, 0) is 19.1 Å². The summed E-state index contributed by atoms with van der Waals surface area (Å²) in [6.07, 6.45) is 2.74. The number of nitrogen functional groups attached to an aromatic ring is 1. The second-order valence-corrected chi connectivity index (χ2v) is 7.44. The minimum atomic E-state index is -3.79. The monoisotopic (exact) mass is 362 g/mol. The third kappa shape index (κ3) is 3.31. The molecule has 3 aromatic rings. The van der Waals surface area contributed by atoms with Gasteiger partial charge in [0.15, 0.2) is 11.5 Å². The Morgan fingerprint density at radius 3 is 2.60 bits per heavy atom. The highest BCUT2D eigenvalue weighted by atomic mass is 32.2. The molecular weight excluding hydrogens is 344 g/mol. The Morgan fingerprint density at radius 2 is 1.92 bits per heavy atom. The molecule has 25 heavy (non-hydrogen) atoms. The maximum Gasteiger partial charge on any atom is 0.244 e. The molecule has 132 valence electrons. The van der Waals surface area contributed by atoms with Gasteiger partial charge in [-0.3, -0.25) is 0 Å². The summed E-state index contributed by atoms with van der Waals surface area (Å²) in [5.74, 6) is 0.208. The van der Waals surface area contributed by atoms with Crippen LogP contribution in [-0.4, -0.2) is 50.5 Å². The molecule has 1 aromatic carbocycles. The minimum absolute atomic E-state index is 0.0646. The lowest BCUT2D eigenvalue weighted by Crippen LogP contribution is -2.35. The number of sulfonamides is 1. The standard InChI is InChI=1S/C15H18N6O3S/c1-11-2-4-12(5-3-11)25(23,24)21(6-7-22)10-20-9-19-15-13(20)14(16)17-8-18-15/h2-5,8-9,22H,6-7,10H2,1H3,(H2,16,17,18). The van der Waals surface area contributed by atoms with E-state index in [2.05, 4.69) is 15.0 Å². The van der Waals surface area contributed by atoms with Gasteiger partial charge in [0.1, 0.15) is 11.8 Å². The van der Waals surface area contributed by atoms with Gasteiger partial charge >= 0.3 is 0 Å². The minimum Gasteiger partial charge on any atom is -0.395 e. The van der Waals surface area contributed by atoms with Gasteiger partial charge in [-0.1, -0.05) is 17.7 Å². The fourth-order valence-electron chi connectivity index (χ4n) is 2.45. The topological polar surface area (TPSA) is 127 Å². The molecule has 0 aliphatic rings. The van der Waals surface area contributed by atoms with E-state index in [1.54, 1.807) is 28.8 Å². The first-order chi connectivity index (χ1) is 11.9. The fraction of sp³-hybridized carbons (Fsp3) is 0.267. The summed E-state index contributed by atoms with van der Waals surface area (Å²) in [4.78, 5) is 12.2. The van der Waals surface area contributed by atoms with Crippen molar-refractivity contribution < 1.29 is 13.5 Å². The summed E-state index contributed by atoms with van der Waals surface area (Å²) in [6, 6.07) is 6.53. The Hall–Kier alpha value is -2.56. The molecule has 2 heterocycles. The second kappa shape index (κ2) is 6.75. The van der Waals surface area contributed by atoms with Crippen LogP contribution in [0, 0.1) is 6.92 Å². The van der Waals surface area contributed by atoms with Crippen molar-refractivity contribution in [1.29, 1.82) is 0 Å².